The van der Waals surface area contributed by atoms with Gasteiger partial charge in [-0.15, -0.1) is 0 Å². The number of nitrogens with zero attached hydrogens (tertiary/aromatic N) is 1. The lowest BCUT2D eigenvalue weighted by atomic mass is 10.0. The number of hydrogen-bond donors (Lipinski definition) is 1. The molecule has 0 radical (unpaired) electrons. The molecule has 0 aliphatic heterocycles. The number of phosphoric ester groups is 1. The first kappa shape index (κ1) is 70.0. The zero-order chi connectivity index (χ0) is 51.9. The van der Waals surface area contributed by atoms with Crippen molar-refractivity contribution in [2.45, 2.75) is 315 Å². The van der Waals surface area contributed by atoms with Crippen molar-refractivity contribution in [3.8, 4) is 0 Å². The van der Waals surface area contributed by atoms with Crippen LogP contribution in [0.2, 0.25) is 0 Å². The van der Waals surface area contributed by atoms with Crippen molar-refractivity contribution in [3.63, 3.8) is 0 Å². The maximum Gasteiger partial charge on any atom is 0.472 e. The molecule has 1 N–H and O–H groups in total. The van der Waals surface area contributed by atoms with E-state index in [9.17, 15) is 14.3 Å². The highest BCUT2D eigenvalue weighted by Gasteiger charge is 2.26. The summed E-state index contributed by atoms with van der Waals surface area (Å²) in [4.78, 5) is 23.1. The highest BCUT2D eigenvalue weighted by molar-refractivity contribution is 7.47. The first-order valence-corrected chi connectivity index (χ1v) is 32.6. The molecule has 0 aromatic heterocycles. The van der Waals surface area contributed by atoms with Gasteiger partial charge in [0.2, 0.25) is 0 Å². The van der Waals surface area contributed by atoms with Crippen LogP contribution in [0.25, 0.3) is 0 Å². The number of ether oxygens (including phenoxy) is 2. The molecule has 2 atom stereocenters. The Kier molecular flexibility index (Phi) is 54.4. The third-order valence-corrected chi connectivity index (χ3v) is 15.0. The number of hydrogen-bond acceptors (Lipinski definition) is 6. The first-order valence-electron chi connectivity index (χ1n) is 31.1. The fourth-order valence-corrected chi connectivity index (χ4v) is 9.98. The normalized spacial score (nSPS) is 13.5. The van der Waals surface area contributed by atoms with Crippen LogP contribution in [0.15, 0.2) is 24.3 Å². The fourth-order valence-electron chi connectivity index (χ4n) is 9.24. The Hall–Kier alpha value is -1.02. The van der Waals surface area contributed by atoms with Gasteiger partial charge in [-0.1, -0.05) is 282 Å². The maximum atomic E-state index is 12.8. The summed E-state index contributed by atoms with van der Waals surface area (Å²) in [5.74, 6) is -0.307. The lowest BCUT2D eigenvalue weighted by molar-refractivity contribution is -0.870. The second-order valence-corrected chi connectivity index (χ2v) is 23.9. The third-order valence-electron chi connectivity index (χ3n) is 14.0. The van der Waals surface area contributed by atoms with Gasteiger partial charge < -0.3 is 18.9 Å². The molecule has 0 spiro atoms. The summed E-state index contributed by atoms with van der Waals surface area (Å²) in [7, 11) is 1.69. The van der Waals surface area contributed by atoms with Gasteiger partial charge in [-0.25, -0.2) is 4.57 Å². The molecule has 8 nitrogen and oxygen atoms in total. The van der Waals surface area contributed by atoms with Crippen molar-refractivity contribution in [2.75, 3.05) is 54.1 Å². The molecular formula is C62H123NO7P+. The van der Waals surface area contributed by atoms with E-state index >= 15 is 0 Å². The van der Waals surface area contributed by atoms with Crippen LogP contribution in [0, 0.1) is 0 Å². The molecule has 0 aliphatic rings. The molecule has 0 rings (SSSR count). The average Bonchev–Trinajstić information content (AvgIpc) is 3.33. The van der Waals surface area contributed by atoms with Crippen LogP contribution in [0.4, 0.5) is 0 Å². The zero-order valence-corrected chi connectivity index (χ0v) is 49.1. The summed E-state index contributed by atoms with van der Waals surface area (Å²) in [5, 5.41) is 0. The van der Waals surface area contributed by atoms with Crippen molar-refractivity contribution < 1.29 is 37.3 Å². The van der Waals surface area contributed by atoms with E-state index in [4.69, 9.17) is 18.5 Å². The minimum atomic E-state index is -4.28. The standard InChI is InChI=1S/C62H122NO7P/c1-6-8-10-12-14-16-18-20-22-24-26-28-30-32-33-35-37-39-41-43-45-47-49-51-53-55-62(64)70-61(60-69-71(65,66)68-58-56-63(3,4)5)59-67-57-54-52-50-48-46-44-42-40-38-36-34-31-29-27-25-23-21-19-17-15-13-11-9-7-2/h18,20,24,26,61H,6-17,19,21-23,25,27-60H2,1-5H3/p+1/b20-18-,26-24-. The van der Waals surface area contributed by atoms with Crippen molar-refractivity contribution in [3.05, 3.63) is 24.3 Å². The molecule has 71 heavy (non-hydrogen) atoms. The number of unbranched alkanes of at least 4 members (excludes halogenated alkanes) is 41. The summed E-state index contributed by atoms with van der Waals surface area (Å²) in [6.45, 7) is 5.69. The molecule has 0 fully saturated rings. The van der Waals surface area contributed by atoms with Gasteiger partial charge in [-0.2, -0.15) is 0 Å². The second kappa shape index (κ2) is 55.2. The summed E-state index contributed by atoms with van der Waals surface area (Å²) in [6, 6.07) is 0. The van der Waals surface area contributed by atoms with Gasteiger partial charge in [0.25, 0.3) is 0 Å². The molecule has 0 aromatic carbocycles. The smallest absolute Gasteiger partial charge is 0.457 e. The summed E-state index contributed by atoms with van der Waals surface area (Å²) in [6.07, 6.45) is 68.3. The molecule has 422 valence electrons. The monoisotopic (exact) mass is 1020 g/mol. The number of carbonyl (C=O) groups excluding carboxylic acids is 1. The van der Waals surface area contributed by atoms with Gasteiger partial charge in [-0.3, -0.25) is 13.8 Å². The van der Waals surface area contributed by atoms with Crippen LogP contribution in [0.3, 0.4) is 0 Å². The molecule has 0 amide bonds. The third kappa shape index (κ3) is 59.7. The van der Waals surface area contributed by atoms with E-state index in [1.807, 2.05) is 21.1 Å². The lowest BCUT2D eigenvalue weighted by Crippen LogP contribution is -2.37. The molecule has 2 unspecified atom stereocenters. The second-order valence-electron chi connectivity index (χ2n) is 22.4. The molecule has 9 heteroatoms. The Morgan fingerprint density at radius 2 is 0.775 bits per heavy atom. The quantitative estimate of drug-likeness (QED) is 0.0213. The lowest BCUT2D eigenvalue weighted by Gasteiger charge is -2.24. The molecule has 0 saturated carbocycles. The molecule has 0 saturated heterocycles. The Bertz CT molecular complexity index is 1190. The van der Waals surface area contributed by atoms with E-state index < -0.39 is 13.9 Å². The number of esters is 1. The molecule has 0 aromatic rings. The van der Waals surface area contributed by atoms with Crippen molar-refractivity contribution in [1.29, 1.82) is 0 Å². The van der Waals surface area contributed by atoms with E-state index in [-0.39, 0.29) is 25.8 Å². The minimum absolute atomic E-state index is 0.0916. The van der Waals surface area contributed by atoms with Crippen LogP contribution in [-0.4, -0.2) is 75.6 Å². The highest BCUT2D eigenvalue weighted by atomic mass is 31.2. The molecule has 0 bridgehead atoms. The van der Waals surface area contributed by atoms with E-state index in [1.54, 1.807) is 0 Å². The van der Waals surface area contributed by atoms with Crippen molar-refractivity contribution in [1.82, 2.24) is 0 Å². The van der Waals surface area contributed by atoms with Gasteiger partial charge in [-0.05, 0) is 44.9 Å². The molecule has 0 heterocycles. The largest absolute Gasteiger partial charge is 0.472 e. The summed E-state index contributed by atoms with van der Waals surface area (Å²) >= 11 is 0. The van der Waals surface area contributed by atoms with Gasteiger partial charge >= 0.3 is 13.8 Å². The molecule has 0 aliphatic carbocycles. The summed E-state index contributed by atoms with van der Waals surface area (Å²) in [5.41, 5.74) is 0. The number of quaternary nitrogens is 1. The van der Waals surface area contributed by atoms with E-state index in [1.165, 1.54) is 250 Å². The Labute approximate surface area is 443 Å². The van der Waals surface area contributed by atoms with Gasteiger partial charge in [0.1, 0.15) is 19.3 Å². The van der Waals surface area contributed by atoms with E-state index in [0.29, 0.717) is 24.1 Å². The Morgan fingerprint density at radius 1 is 0.437 bits per heavy atom. The Morgan fingerprint density at radius 3 is 1.14 bits per heavy atom. The average molecular weight is 1030 g/mol. The predicted octanol–water partition coefficient (Wildman–Crippen LogP) is 19.9. The van der Waals surface area contributed by atoms with Gasteiger partial charge in [0.15, 0.2) is 0 Å². The van der Waals surface area contributed by atoms with Crippen molar-refractivity contribution in [2.24, 2.45) is 0 Å². The fraction of sp³-hybridized carbons (Fsp3) is 0.919. The predicted molar refractivity (Wildman–Crippen MR) is 307 cm³/mol. The van der Waals surface area contributed by atoms with E-state index in [0.717, 1.165) is 38.5 Å². The van der Waals surface area contributed by atoms with Crippen LogP contribution in [0.5, 0.6) is 0 Å². The minimum Gasteiger partial charge on any atom is -0.457 e. The maximum absolute atomic E-state index is 12.8. The summed E-state index contributed by atoms with van der Waals surface area (Å²) < 4.78 is 35.3. The molecular weight excluding hydrogens is 902 g/mol. The van der Waals surface area contributed by atoms with Gasteiger partial charge in [0, 0.05) is 13.0 Å². The number of phosphoric acid groups is 1. The van der Waals surface area contributed by atoms with Crippen LogP contribution in [0.1, 0.15) is 309 Å². The van der Waals surface area contributed by atoms with Crippen LogP contribution < -0.4 is 0 Å². The Balaban J connectivity index is 3.99. The van der Waals surface area contributed by atoms with E-state index in [2.05, 4.69) is 38.2 Å². The van der Waals surface area contributed by atoms with Crippen LogP contribution in [-0.2, 0) is 27.9 Å². The topological polar surface area (TPSA) is 91.3 Å². The zero-order valence-electron chi connectivity index (χ0n) is 48.2. The number of allylic oxidation sites excluding steroid dienone is 4. The van der Waals surface area contributed by atoms with Gasteiger partial charge in [0.05, 0.1) is 34.4 Å². The highest BCUT2D eigenvalue weighted by Crippen LogP contribution is 2.43. The number of likely N-dealkylation sites (N-methyl/N-ethyl adjacent to an activating group) is 1. The number of carbonyl (C=O) groups is 1. The van der Waals surface area contributed by atoms with Crippen LogP contribution >= 0.6 is 7.82 Å². The SMILES string of the molecule is CCCCCCC/C=C\C/C=C\CCCCCCCCCCCCCCCC(=O)OC(COCCCCCCCCCCCCCCCCCCCCCCCCCC)COP(=O)(O)OCC[N+](C)(C)C. The first-order chi connectivity index (χ1) is 34.6. The number of rotatable bonds is 59. The van der Waals surface area contributed by atoms with Crippen molar-refractivity contribution >= 4 is 13.8 Å².